The first kappa shape index (κ1) is 17.1. The van der Waals surface area contributed by atoms with Crippen LogP contribution in [0.4, 0.5) is 5.69 Å². The second kappa shape index (κ2) is 7.04. The number of nitro benzene ring substituents is 1. The van der Waals surface area contributed by atoms with Gasteiger partial charge in [-0.15, -0.1) is 0 Å². The number of aliphatic hydroxyl groups is 1. The fourth-order valence-electron chi connectivity index (χ4n) is 2.60. The van der Waals surface area contributed by atoms with E-state index >= 15 is 0 Å². The van der Waals surface area contributed by atoms with Gasteiger partial charge in [-0.05, 0) is 30.3 Å². The van der Waals surface area contributed by atoms with Gasteiger partial charge in [-0.2, -0.15) is 5.26 Å². The van der Waals surface area contributed by atoms with Gasteiger partial charge in [0.15, 0.2) is 0 Å². The summed E-state index contributed by atoms with van der Waals surface area (Å²) in [6, 6.07) is 13.8. The highest BCUT2D eigenvalue weighted by Gasteiger charge is 2.13. The molecule has 3 rings (SSSR count). The second-order valence-electron chi connectivity index (χ2n) is 5.38. The van der Waals surface area contributed by atoms with Crippen LogP contribution in [0.1, 0.15) is 5.56 Å². The number of aromatic nitrogens is 1. The summed E-state index contributed by atoms with van der Waals surface area (Å²) in [7, 11) is 0. The van der Waals surface area contributed by atoms with Crippen LogP contribution in [-0.2, 0) is 0 Å². The number of nitriles is 1. The van der Waals surface area contributed by atoms with Crippen molar-refractivity contribution >= 4 is 16.6 Å². The molecule has 0 spiro atoms. The smallest absolute Gasteiger partial charge is 0.273 e. The molecule has 0 aliphatic rings. The van der Waals surface area contributed by atoms with E-state index in [2.05, 4.69) is 0 Å². The lowest BCUT2D eigenvalue weighted by Gasteiger charge is -2.13. The van der Waals surface area contributed by atoms with E-state index in [4.69, 9.17) is 9.84 Å². The molecule has 0 unspecified atom stereocenters. The van der Waals surface area contributed by atoms with Crippen LogP contribution in [0.3, 0.4) is 0 Å². The van der Waals surface area contributed by atoms with E-state index in [0.717, 1.165) is 0 Å². The summed E-state index contributed by atoms with van der Waals surface area (Å²) in [5, 5.41) is 29.6. The minimum Gasteiger partial charge on any atom is -0.491 e. The molecule has 0 amide bonds. The fourth-order valence-corrected chi connectivity index (χ4v) is 2.60. The highest BCUT2D eigenvalue weighted by molar-refractivity contribution is 5.83. The summed E-state index contributed by atoms with van der Waals surface area (Å²) in [5.41, 5.74) is 0.197. The normalized spacial score (nSPS) is 10.5. The Balaban J connectivity index is 2.26. The van der Waals surface area contributed by atoms with Crippen LogP contribution in [0.5, 0.6) is 5.75 Å². The fraction of sp³-hybridized carbons (Fsp3) is 0.111. The van der Waals surface area contributed by atoms with Gasteiger partial charge in [0.05, 0.1) is 17.0 Å². The molecule has 3 aromatic rings. The molecule has 2 aromatic carbocycles. The van der Waals surface area contributed by atoms with Gasteiger partial charge < -0.3 is 9.84 Å². The summed E-state index contributed by atoms with van der Waals surface area (Å²) in [5.74, 6) is 0.450. The topological polar surface area (TPSA) is 118 Å². The standard InChI is InChI=1S/C18H13N3O5/c19-11-13-9-12-1-6-16(26-8-7-22)10-17(12)20(18(13)23)14-2-4-15(5-3-14)21(24)25/h1-6,9-10,22H,7-8H2. The van der Waals surface area contributed by atoms with E-state index in [9.17, 15) is 20.2 Å². The summed E-state index contributed by atoms with van der Waals surface area (Å²) in [6.45, 7) is -0.0515. The van der Waals surface area contributed by atoms with Gasteiger partial charge in [0.25, 0.3) is 11.2 Å². The van der Waals surface area contributed by atoms with Crippen molar-refractivity contribution < 1.29 is 14.8 Å². The monoisotopic (exact) mass is 351 g/mol. The summed E-state index contributed by atoms with van der Waals surface area (Å²) in [4.78, 5) is 23.0. The van der Waals surface area contributed by atoms with Gasteiger partial charge in [0.1, 0.15) is 24.0 Å². The first-order chi connectivity index (χ1) is 12.5. The van der Waals surface area contributed by atoms with E-state index in [0.29, 0.717) is 22.3 Å². The molecule has 26 heavy (non-hydrogen) atoms. The number of non-ortho nitro benzene ring substituents is 1. The Morgan fingerprint density at radius 1 is 1.19 bits per heavy atom. The predicted molar refractivity (Wildman–Crippen MR) is 93.5 cm³/mol. The number of ether oxygens (including phenoxy) is 1. The Bertz CT molecular complexity index is 1080. The maximum atomic E-state index is 12.7. The first-order valence-corrected chi connectivity index (χ1v) is 7.63. The summed E-state index contributed by atoms with van der Waals surface area (Å²) in [6.07, 6.45) is 0. The molecule has 0 bridgehead atoms. The molecule has 130 valence electrons. The van der Waals surface area contributed by atoms with Crippen molar-refractivity contribution in [2.45, 2.75) is 0 Å². The molecule has 0 saturated heterocycles. The van der Waals surface area contributed by atoms with Crippen molar-refractivity contribution in [1.82, 2.24) is 4.57 Å². The molecule has 0 aliphatic carbocycles. The lowest BCUT2D eigenvalue weighted by Crippen LogP contribution is -2.21. The summed E-state index contributed by atoms with van der Waals surface area (Å²) < 4.78 is 6.69. The van der Waals surface area contributed by atoms with Crippen LogP contribution < -0.4 is 10.3 Å². The van der Waals surface area contributed by atoms with Crippen molar-refractivity contribution in [3.8, 4) is 17.5 Å². The number of hydrogen-bond acceptors (Lipinski definition) is 6. The molecule has 0 fully saturated rings. The quantitative estimate of drug-likeness (QED) is 0.556. The maximum absolute atomic E-state index is 12.7. The van der Waals surface area contributed by atoms with Crippen LogP contribution >= 0.6 is 0 Å². The molecule has 0 aliphatic heterocycles. The third-order valence-corrected chi connectivity index (χ3v) is 3.78. The third kappa shape index (κ3) is 3.11. The largest absolute Gasteiger partial charge is 0.491 e. The van der Waals surface area contributed by atoms with Crippen LogP contribution in [0.25, 0.3) is 16.6 Å². The van der Waals surface area contributed by atoms with Gasteiger partial charge >= 0.3 is 0 Å². The predicted octanol–water partition coefficient (Wildman–Crippen LogP) is 2.14. The zero-order valence-corrected chi connectivity index (χ0v) is 13.5. The number of rotatable bonds is 5. The zero-order chi connectivity index (χ0) is 18.7. The molecule has 1 N–H and O–H groups in total. The molecular weight excluding hydrogens is 338 g/mol. The van der Waals surface area contributed by atoms with Gasteiger partial charge in [0.2, 0.25) is 0 Å². The number of hydrogen-bond donors (Lipinski definition) is 1. The average Bonchev–Trinajstić information content (AvgIpc) is 2.66. The molecule has 0 radical (unpaired) electrons. The zero-order valence-electron chi connectivity index (χ0n) is 13.5. The molecule has 0 atom stereocenters. The highest BCUT2D eigenvalue weighted by atomic mass is 16.6. The second-order valence-corrected chi connectivity index (χ2v) is 5.38. The summed E-state index contributed by atoms with van der Waals surface area (Å²) >= 11 is 0. The van der Waals surface area contributed by atoms with E-state index < -0.39 is 10.5 Å². The number of nitro groups is 1. The van der Waals surface area contributed by atoms with Gasteiger partial charge in [-0.1, -0.05) is 0 Å². The van der Waals surface area contributed by atoms with Crippen LogP contribution in [0, 0.1) is 21.4 Å². The lowest BCUT2D eigenvalue weighted by molar-refractivity contribution is -0.384. The Morgan fingerprint density at radius 2 is 1.92 bits per heavy atom. The molecule has 1 aromatic heterocycles. The SMILES string of the molecule is N#Cc1cc2ccc(OCCO)cc2n(-c2ccc([N+](=O)[O-])cc2)c1=O. The number of fused-ring (bicyclic) bond motifs is 1. The van der Waals surface area contributed by atoms with Gasteiger partial charge in [-0.3, -0.25) is 19.5 Å². The minimum absolute atomic E-state index is 0.0418. The van der Waals surface area contributed by atoms with Crippen molar-refractivity contribution in [1.29, 1.82) is 5.26 Å². The molecular formula is C18H13N3O5. The van der Waals surface area contributed by atoms with Crippen LogP contribution in [0.2, 0.25) is 0 Å². The van der Waals surface area contributed by atoms with Gasteiger partial charge in [0, 0.05) is 29.3 Å². The van der Waals surface area contributed by atoms with Crippen LogP contribution in [0.15, 0.2) is 53.3 Å². The van der Waals surface area contributed by atoms with E-state index in [-0.39, 0.29) is 24.5 Å². The highest BCUT2D eigenvalue weighted by Crippen LogP contribution is 2.24. The lowest BCUT2D eigenvalue weighted by atomic mass is 10.1. The van der Waals surface area contributed by atoms with Crippen molar-refractivity contribution in [3.63, 3.8) is 0 Å². The molecule has 0 saturated carbocycles. The molecule has 8 heteroatoms. The first-order valence-electron chi connectivity index (χ1n) is 7.63. The number of aliphatic hydroxyl groups excluding tert-OH is 1. The minimum atomic E-state index is -0.534. The Hall–Kier alpha value is -3.70. The van der Waals surface area contributed by atoms with Crippen LogP contribution in [-0.4, -0.2) is 27.8 Å². The molecule has 1 heterocycles. The Kier molecular flexibility index (Phi) is 4.64. The number of pyridine rings is 1. The Morgan fingerprint density at radius 3 is 2.54 bits per heavy atom. The number of nitrogens with zero attached hydrogens (tertiary/aromatic N) is 3. The van der Waals surface area contributed by atoms with E-state index in [1.54, 1.807) is 18.2 Å². The van der Waals surface area contributed by atoms with E-state index in [1.807, 2.05) is 6.07 Å². The third-order valence-electron chi connectivity index (χ3n) is 3.78. The number of benzene rings is 2. The van der Waals surface area contributed by atoms with E-state index in [1.165, 1.54) is 34.9 Å². The average molecular weight is 351 g/mol. The van der Waals surface area contributed by atoms with Crippen molar-refractivity contribution in [2.24, 2.45) is 0 Å². The van der Waals surface area contributed by atoms with Crippen molar-refractivity contribution in [2.75, 3.05) is 13.2 Å². The molecule has 8 nitrogen and oxygen atoms in total. The Labute approximate surface area is 147 Å². The van der Waals surface area contributed by atoms with Crippen molar-refractivity contribution in [3.05, 3.63) is 74.6 Å². The van der Waals surface area contributed by atoms with Gasteiger partial charge in [-0.25, -0.2) is 0 Å². The maximum Gasteiger partial charge on any atom is 0.273 e.